The second kappa shape index (κ2) is 10.6. The van der Waals surface area contributed by atoms with Crippen molar-refractivity contribution < 1.29 is 4.74 Å². The molecular weight excluding hydrogens is 466 g/mol. The summed E-state index contributed by atoms with van der Waals surface area (Å²) in [5, 5.41) is 4.49. The quantitative estimate of drug-likeness (QED) is 0.498. The van der Waals surface area contributed by atoms with Crippen LogP contribution in [0, 0.1) is 0 Å². The highest BCUT2D eigenvalue weighted by molar-refractivity contribution is 5.98. The van der Waals surface area contributed by atoms with Gasteiger partial charge in [0.2, 0.25) is 5.95 Å². The third-order valence-electron chi connectivity index (χ3n) is 7.67. The topological polar surface area (TPSA) is 98.9 Å². The van der Waals surface area contributed by atoms with Crippen molar-refractivity contribution in [1.29, 1.82) is 0 Å². The van der Waals surface area contributed by atoms with Gasteiger partial charge in [0, 0.05) is 89.3 Å². The Balaban J connectivity index is 1.06. The maximum Gasteiger partial charge on any atom is 0.225 e. The zero-order valence-corrected chi connectivity index (χ0v) is 21.6. The number of nitrogens with one attached hydrogen (secondary N) is 1. The molecule has 3 fully saturated rings. The Labute approximate surface area is 218 Å². The first kappa shape index (κ1) is 24.1. The highest BCUT2D eigenvalue weighted by atomic mass is 16.5. The van der Waals surface area contributed by atoms with Crippen LogP contribution in [0.3, 0.4) is 0 Å². The number of hydrogen-bond acceptors (Lipinski definition) is 10. The lowest BCUT2D eigenvalue weighted by molar-refractivity contribution is -0.0327. The summed E-state index contributed by atoms with van der Waals surface area (Å²) in [4.78, 5) is 23.5. The van der Waals surface area contributed by atoms with E-state index in [2.05, 4.69) is 49.0 Å². The van der Waals surface area contributed by atoms with Gasteiger partial charge < -0.3 is 30.5 Å². The average Bonchev–Trinajstić information content (AvgIpc) is 2.94. The van der Waals surface area contributed by atoms with Crippen LogP contribution in [-0.4, -0.2) is 104 Å². The molecule has 5 heterocycles. The molecule has 10 nitrogen and oxygen atoms in total. The summed E-state index contributed by atoms with van der Waals surface area (Å²) in [7, 11) is 0. The van der Waals surface area contributed by atoms with Crippen LogP contribution in [-0.2, 0) is 4.74 Å². The second-order valence-electron chi connectivity index (χ2n) is 10.3. The summed E-state index contributed by atoms with van der Waals surface area (Å²) in [6.45, 7) is 12.6. The predicted molar refractivity (Wildman–Crippen MR) is 148 cm³/mol. The molecule has 2 atom stereocenters. The molecule has 1 aromatic carbocycles. The molecule has 0 unspecified atom stereocenters. The minimum Gasteiger partial charge on any atom is -0.397 e. The van der Waals surface area contributed by atoms with E-state index in [-0.39, 0.29) is 12.2 Å². The molecule has 0 radical (unpaired) electrons. The number of rotatable bonds is 5. The largest absolute Gasteiger partial charge is 0.397 e. The number of nitrogens with two attached hydrogens (primary N) is 1. The Hall–Kier alpha value is -3.21. The van der Waals surface area contributed by atoms with Crippen LogP contribution in [0.5, 0.6) is 0 Å². The lowest BCUT2D eigenvalue weighted by Gasteiger charge is -2.42. The number of nitrogens with zero attached hydrogens (tertiary/aromatic N) is 7. The Bertz CT molecular complexity index is 1190. The van der Waals surface area contributed by atoms with Gasteiger partial charge in [-0.05, 0) is 31.2 Å². The van der Waals surface area contributed by atoms with Gasteiger partial charge in [0.05, 0.1) is 41.5 Å². The van der Waals surface area contributed by atoms with Crippen molar-refractivity contribution in [3.8, 4) is 0 Å². The van der Waals surface area contributed by atoms with Crippen LogP contribution in [0.15, 0.2) is 42.9 Å². The molecule has 10 heteroatoms. The molecule has 3 N–H and O–H groups in total. The third-order valence-corrected chi connectivity index (χ3v) is 7.67. The number of anilines is 4. The maximum atomic E-state index is 6.39. The fourth-order valence-electron chi connectivity index (χ4n) is 5.78. The molecule has 0 amide bonds. The normalized spacial score (nSPS) is 23.5. The summed E-state index contributed by atoms with van der Waals surface area (Å²) in [6.07, 6.45) is 6.06. The Morgan fingerprint density at radius 2 is 1.70 bits per heavy atom. The zero-order chi connectivity index (χ0) is 25.2. The van der Waals surface area contributed by atoms with Gasteiger partial charge in [-0.25, -0.2) is 9.97 Å². The highest BCUT2D eigenvalue weighted by Crippen LogP contribution is 2.31. The Kier molecular flexibility index (Phi) is 6.95. The monoisotopic (exact) mass is 503 g/mol. The Morgan fingerprint density at radius 1 is 0.919 bits per heavy atom. The molecule has 0 saturated carbocycles. The van der Waals surface area contributed by atoms with Crippen molar-refractivity contribution in [2.45, 2.75) is 19.1 Å². The lowest BCUT2D eigenvalue weighted by Crippen LogP contribution is -2.54. The first-order chi connectivity index (χ1) is 18.1. The fraction of sp³-hybridized carbons (Fsp3) is 0.519. The smallest absolute Gasteiger partial charge is 0.225 e. The minimum absolute atomic E-state index is 0.147. The summed E-state index contributed by atoms with van der Waals surface area (Å²) in [5.41, 5.74) is 10.1. The number of ether oxygens (including phenoxy) is 1. The Morgan fingerprint density at radius 3 is 2.49 bits per heavy atom. The van der Waals surface area contributed by atoms with Gasteiger partial charge in [-0.3, -0.25) is 9.88 Å². The van der Waals surface area contributed by atoms with E-state index in [9.17, 15) is 0 Å². The summed E-state index contributed by atoms with van der Waals surface area (Å²) >= 11 is 0. The van der Waals surface area contributed by atoms with Crippen molar-refractivity contribution in [3.63, 3.8) is 0 Å². The number of piperazine rings is 2. The fourth-order valence-corrected chi connectivity index (χ4v) is 5.78. The maximum absolute atomic E-state index is 6.39. The van der Waals surface area contributed by atoms with Crippen LogP contribution < -0.4 is 25.8 Å². The molecule has 3 aromatic rings. The van der Waals surface area contributed by atoms with Crippen molar-refractivity contribution in [2.24, 2.45) is 0 Å². The van der Waals surface area contributed by atoms with E-state index in [4.69, 9.17) is 20.4 Å². The van der Waals surface area contributed by atoms with E-state index < -0.39 is 0 Å². The van der Waals surface area contributed by atoms with E-state index in [1.165, 1.54) is 5.69 Å². The minimum atomic E-state index is 0.147. The predicted octanol–water partition coefficient (Wildman–Crippen LogP) is 1.43. The van der Waals surface area contributed by atoms with Crippen LogP contribution in [0.25, 0.3) is 10.9 Å². The highest BCUT2D eigenvalue weighted by Gasteiger charge is 2.29. The van der Waals surface area contributed by atoms with Crippen LogP contribution >= 0.6 is 0 Å². The number of hydrogen-bond donors (Lipinski definition) is 2. The molecule has 3 saturated heterocycles. The van der Waals surface area contributed by atoms with Gasteiger partial charge in [-0.1, -0.05) is 0 Å². The molecule has 196 valence electrons. The van der Waals surface area contributed by atoms with Gasteiger partial charge in [0.15, 0.2) is 0 Å². The van der Waals surface area contributed by atoms with Gasteiger partial charge in [0.25, 0.3) is 0 Å². The average molecular weight is 504 g/mol. The molecule has 0 bridgehead atoms. The zero-order valence-electron chi connectivity index (χ0n) is 21.6. The number of nitrogen functional groups attached to an aromatic ring is 1. The molecule has 2 aromatic heterocycles. The van der Waals surface area contributed by atoms with Crippen LogP contribution in [0.4, 0.5) is 23.0 Å². The number of benzene rings is 1. The van der Waals surface area contributed by atoms with Crippen molar-refractivity contribution in [2.75, 3.05) is 92.4 Å². The number of aromatic nitrogens is 3. The van der Waals surface area contributed by atoms with E-state index in [1.807, 2.05) is 24.5 Å². The molecule has 6 rings (SSSR count). The van der Waals surface area contributed by atoms with Crippen LogP contribution in [0.1, 0.15) is 6.92 Å². The number of morpholine rings is 1. The lowest BCUT2D eigenvalue weighted by atomic mass is 10.1. The van der Waals surface area contributed by atoms with Crippen molar-refractivity contribution in [3.05, 3.63) is 42.9 Å². The first-order valence-corrected chi connectivity index (χ1v) is 13.4. The van der Waals surface area contributed by atoms with Crippen LogP contribution in [0.2, 0.25) is 0 Å². The van der Waals surface area contributed by atoms with Gasteiger partial charge in [-0.15, -0.1) is 0 Å². The van der Waals surface area contributed by atoms with Gasteiger partial charge in [0.1, 0.15) is 0 Å². The molecule has 0 spiro atoms. The summed E-state index contributed by atoms with van der Waals surface area (Å²) in [6, 6.07) is 8.19. The molecule has 37 heavy (non-hydrogen) atoms. The molecule has 3 aliphatic heterocycles. The third kappa shape index (κ3) is 5.27. The second-order valence-corrected chi connectivity index (χ2v) is 10.3. The standard InChI is InChI=1S/C27H37N9O/c1-20-17-36(25-5-4-24(28)26-23(25)3-2-6-30-26)19-22(37-20)18-33-11-13-35(14-12-33)27-31-15-21(16-32-27)34-9-7-29-8-10-34/h2-6,15-16,20,22,29H,7-14,17-19,28H2,1H3/t20-,22+/m1/s1. The van der Waals surface area contributed by atoms with Gasteiger partial charge in [-0.2, -0.15) is 0 Å². The molecular formula is C27H37N9O. The van der Waals surface area contributed by atoms with E-state index in [0.29, 0.717) is 0 Å². The van der Waals surface area contributed by atoms with Crippen molar-refractivity contribution >= 4 is 33.9 Å². The number of pyridine rings is 1. The van der Waals surface area contributed by atoms with Crippen molar-refractivity contribution in [1.82, 2.24) is 25.2 Å². The van der Waals surface area contributed by atoms with E-state index in [1.54, 1.807) is 6.20 Å². The number of fused-ring (bicyclic) bond motifs is 1. The van der Waals surface area contributed by atoms with E-state index in [0.717, 1.165) is 100 Å². The molecule has 0 aliphatic carbocycles. The SMILES string of the molecule is C[C@@H]1CN(c2ccc(N)c3ncccc23)C[C@H](CN2CCN(c3ncc(N4CCNCC4)cn3)CC2)O1. The van der Waals surface area contributed by atoms with E-state index >= 15 is 0 Å². The van der Waals surface area contributed by atoms with Gasteiger partial charge >= 0.3 is 0 Å². The summed E-state index contributed by atoms with van der Waals surface area (Å²) < 4.78 is 6.39. The molecule has 3 aliphatic rings. The first-order valence-electron chi connectivity index (χ1n) is 13.4. The summed E-state index contributed by atoms with van der Waals surface area (Å²) in [5.74, 6) is 0.830.